The Morgan fingerprint density at radius 1 is 1.08 bits per heavy atom. The fourth-order valence-electron chi connectivity index (χ4n) is 2.38. The van der Waals surface area contributed by atoms with E-state index in [2.05, 4.69) is 11.4 Å². The molecule has 1 aromatic rings. The summed E-state index contributed by atoms with van der Waals surface area (Å²) in [5.74, 6) is -0.463. The van der Waals surface area contributed by atoms with Crippen molar-refractivity contribution in [2.45, 2.75) is 72.6 Å². The van der Waals surface area contributed by atoms with E-state index in [4.69, 9.17) is 9.47 Å². The second-order valence-electron chi connectivity index (χ2n) is 7.38. The predicted octanol–water partition coefficient (Wildman–Crippen LogP) is 3.69. The first-order chi connectivity index (χ1) is 11.0. The molecule has 5 nitrogen and oxygen atoms in total. The number of benzene rings is 1. The van der Waals surface area contributed by atoms with Gasteiger partial charge in [-0.05, 0) is 54.0 Å². The Morgan fingerprint density at radius 2 is 1.62 bits per heavy atom. The zero-order valence-electron chi connectivity index (χ0n) is 15.7. The van der Waals surface area contributed by atoms with Gasteiger partial charge in [0.25, 0.3) is 0 Å². The van der Waals surface area contributed by atoms with Crippen LogP contribution in [0.4, 0.5) is 4.79 Å². The van der Waals surface area contributed by atoms with Gasteiger partial charge < -0.3 is 14.8 Å². The summed E-state index contributed by atoms with van der Waals surface area (Å²) < 4.78 is 10.5. The third-order valence-corrected chi connectivity index (χ3v) is 3.05. The van der Waals surface area contributed by atoms with Crippen LogP contribution in [0.3, 0.4) is 0 Å². The van der Waals surface area contributed by atoms with E-state index in [1.165, 1.54) is 0 Å². The first-order valence-electron chi connectivity index (χ1n) is 8.23. The summed E-state index contributed by atoms with van der Waals surface area (Å²) in [5.41, 5.74) is 2.56. The molecule has 5 heteroatoms. The highest BCUT2D eigenvalue weighted by Crippen LogP contribution is 2.13. The number of alkyl carbamates (subject to hydrolysis) is 1. The number of carbonyl (C=O) groups excluding carboxylic acids is 2. The first kappa shape index (κ1) is 20.0. The maximum atomic E-state index is 12.3. The van der Waals surface area contributed by atoms with E-state index in [-0.39, 0.29) is 6.10 Å². The van der Waals surface area contributed by atoms with Crippen LogP contribution in [0.15, 0.2) is 18.2 Å². The minimum atomic E-state index is -0.788. The van der Waals surface area contributed by atoms with Gasteiger partial charge in [0, 0.05) is 6.42 Å². The summed E-state index contributed by atoms with van der Waals surface area (Å²) in [5, 5.41) is 2.63. The molecule has 24 heavy (non-hydrogen) atoms. The molecule has 0 heterocycles. The van der Waals surface area contributed by atoms with Gasteiger partial charge in [0.2, 0.25) is 0 Å². The molecule has 1 N–H and O–H groups in total. The maximum absolute atomic E-state index is 12.3. The van der Waals surface area contributed by atoms with Gasteiger partial charge in [0.15, 0.2) is 0 Å². The number of hydrogen-bond donors (Lipinski definition) is 1. The normalized spacial score (nSPS) is 12.7. The summed E-state index contributed by atoms with van der Waals surface area (Å²) in [6.07, 6.45) is -0.523. The third kappa shape index (κ3) is 7.49. The molecule has 1 atom stereocenters. The maximum Gasteiger partial charge on any atom is 0.408 e. The molecule has 0 aromatic heterocycles. The number of carbonyl (C=O) groups is 2. The van der Waals surface area contributed by atoms with Crippen molar-refractivity contribution >= 4 is 12.1 Å². The smallest absolute Gasteiger partial charge is 0.408 e. The number of hydrogen-bond acceptors (Lipinski definition) is 4. The monoisotopic (exact) mass is 335 g/mol. The lowest BCUT2D eigenvalue weighted by Gasteiger charge is -2.23. The molecule has 0 bridgehead atoms. The van der Waals surface area contributed by atoms with Crippen LogP contribution in [0.2, 0.25) is 0 Å². The molecule has 1 aromatic carbocycles. The molecular weight excluding hydrogens is 306 g/mol. The fraction of sp³-hybridized carbons (Fsp3) is 0.579. The highest BCUT2D eigenvalue weighted by Gasteiger charge is 2.26. The van der Waals surface area contributed by atoms with Crippen LogP contribution in [0.25, 0.3) is 0 Å². The Bertz CT molecular complexity index is 567. The number of aryl methyl sites for hydroxylation is 2. The number of ether oxygens (including phenoxy) is 2. The average molecular weight is 335 g/mol. The number of esters is 1. The Morgan fingerprint density at radius 3 is 2.08 bits per heavy atom. The van der Waals surface area contributed by atoms with Gasteiger partial charge in [-0.2, -0.15) is 0 Å². The van der Waals surface area contributed by atoms with Gasteiger partial charge in [-0.3, -0.25) is 0 Å². The second kappa shape index (κ2) is 8.18. The SMILES string of the molecule is Cc1cc(C)cc(CC(NC(=O)OC(C)(C)C)C(=O)OC(C)C)c1. The molecule has 0 fully saturated rings. The fourth-order valence-corrected chi connectivity index (χ4v) is 2.38. The van der Waals surface area contributed by atoms with Crippen LogP contribution in [0.5, 0.6) is 0 Å². The zero-order valence-corrected chi connectivity index (χ0v) is 15.7. The Balaban J connectivity index is 2.92. The minimum Gasteiger partial charge on any atom is -0.461 e. The van der Waals surface area contributed by atoms with Gasteiger partial charge in [0.05, 0.1) is 6.10 Å². The molecule has 134 valence electrons. The van der Waals surface area contributed by atoms with Crippen molar-refractivity contribution in [2.24, 2.45) is 0 Å². The third-order valence-electron chi connectivity index (χ3n) is 3.05. The zero-order chi connectivity index (χ0) is 18.5. The van der Waals surface area contributed by atoms with Gasteiger partial charge >= 0.3 is 12.1 Å². The van der Waals surface area contributed by atoms with Crippen molar-refractivity contribution in [1.29, 1.82) is 0 Å². The van der Waals surface area contributed by atoms with E-state index >= 15 is 0 Å². The second-order valence-corrected chi connectivity index (χ2v) is 7.38. The highest BCUT2D eigenvalue weighted by molar-refractivity contribution is 5.82. The lowest BCUT2D eigenvalue weighted by Crippen LogP contribution is -2.46. The van der Waals surface area contributed by atoms with Crippen molar-refractivity contribution in [3.63, 3.8) is 0 Å². The summed E-state index contributed by atoms with van der Waals surface area (Å²) in [4.78, 5) is 24.4. The lowest BCUT2D eigenvalue weighted by atomic mass is 10.0. The van der Waals surface area contributed by atoms with E-state index in [1.54, 1.807) is 34.6 Å². The van der Waals surface area contributed by atoms with Crippen molar-refractivity contribution in [2.75, 3.05) is 0 Å². The van der Waals surface area contributed by atoms with Crippen molar-refractivity contribution in [1.82, 2.24) is 5.32 Å². The molecule has 1 amide bonds. The summed E-state index contributed by atoms with van der Waals surface area (Å²) >= 11 is 0. The molecule has 0 spiro atoms. The van der Waals surface area contributed by atoms with Gasteiger partial charge in [-0.25, -0.2) is 9.59 Å². The van der Waals surface area contributed by atoms with Crippen molar-refractivity contribution < 1.29 is 19.1 Å². The van der Waals surface area contributed by atoms with Crippen LogP contribution >= 0.6 is 0 Å². The van der Waals surface area contributed by atoms with Crippen LogP contribution in [0, 0.1) is 13.8 Å². The topological polar surface area (TPSA) is 64.6 Å². The van der Waals surface area contributed by atoms with E-state index < -0.39 is 23.7 Å². The van der Waals surface area contributed by atoms with Crippen molar-refractivity contribution in [3.8, 4) is 0 Å². The van der Waals surface area contributed by atoms with Crippen LogP contribution in [-0.4, -0.2) is 29.8 Å². The number of amides is 1. The molecule has 0 saturated carbocycles. The van der Waals surface area contributed by atoms with Crippen molar-refractivity contribution in [3.05, 3.63) is 34.9 Å². The van der Waals surface area contributed by atoms with Crippen LogP contribution < -0.4 is 5.32 Å². The number of nitrogens with one attached hydrogen (secondary N) is 1. The minimum absolute atomic E-state index is 0.250. The molecule has 0 aliphatic carbocycles. The van der Waals surface area contributed by atoms with E-state index in [9.17, 15) is 9.59 Å². The van der Waals surface area contributed by atoms with Gasteiger partial charge in [-0.15, -0.1) is 0 Å². The average Bonchev–Trinajstić information content (AvgIpc) is 2.33. The van der Waals surface area contributed by atoms with Crippen LogP contribution in [-0.2, 0) is 20.7 Å². The standard InChI is InChI=1S/C19H29NO4/c1-12(2)23-17(21)16(20-18(22)24-19(5,6)7)11-15-9-13(3)8-14(4)10-15/h8-10,12,16H,11H2,1-7H3,(H,20,22). The molecule has 1 unspecified atom stereocenters. The molecular formula is C19H29NO4. The van der Waals surface area contributed by atoms with Gasteiger partial charge in [0.1, 0.15) is 11.6 Å². The quantitative estimate of drug-likeness (QED) is 0.834. The van der Waals surface area contributed by atoms with E-state index in [0.29, 0.717) is 6.42 Å². The highest BCUT2D eigenvalue weighted by atomic mass is 16.6. The Labute approximate surface area is 144 Å². The summed E-state index contributed by atoms with van der Waals surface area (Å²) in [6.45, 7) is 12.9. The molecule has 0 aliphatic rings. The van der Waals surface area contributed by atoms with E-state index in [1.807, 2.05) is 26.0 Å². The van der Waals surface area contributed by atoms with E-state index in [0.717, 1.165) is 16.7 Å². The molecule has 0 radical (unpaired) electrons. The largest absolute Gasteiger partial charge is 0.461 e. The molecule has 0 saturated heterocycles. The first-order valence-corrected chi connectivity index (χ1v) is 8.23. The predicted molar refractivity (Wildman–Crippen MR) is 94.0 cm³/mol. The summed E-state index contributed by atoms with van der Waals surface area (Å²) in [6, 6.07) is 5.27. The summed E-state index contributed by atoms with van der Waals surface area (Å²) in [7, 11) is 0. The Hall–Kier alpha value is -2.04. The van der Waals surface area contributed by atoms with Crippen LogP contribution in [0.1, 0.15) is 51.3 Å². The number of rotatable bonds is 5. The lowest BCUT2D eigenvalue weighted by molar-refractivity contribution is -0.149. The van der Waals surface area contributed by atoms with Gasteiger partial charge in [-0.1, -0.05) is 29.3 Å². The Kier molecular flexibility index (Phi) is 6.81. The molecule has 1 rings (SSSR count). The molecule has 0 aliphatic heterocycles.